The second-order valence-corrected chi connectivity index (χ2v) is 4.45. The van der Waals surface area contributed by atoms with Crippen LogP contribution in [0.1, 0.15) is 49.0 Å². The summed E-state index contributed by atoms with van der Waals surface area (Å²) in [5.41, 5.74) is 0.219. The molecule has 0 fully saturated rings. The van der Waals surface area contributed by atoms with Gasteiger partial charge in [-0.05, 0) is 0 Å². The van der Waals surface area contributed by atoms with Gasteiger partial charge in [0.1, 0.15) is 0 Å². The van der Waals surface area contributed by atoms with E-state index in [1.807, 2.05) is 0 Å². The van der Waals surface area contributed by atoms with E-state index in [4.69, 9.17) is 0 Å². The zero-order chi connectivity index (χ0) is 7.71. The molecule has 0 saturated carbocycles. The summed E-state index contributed by atoms with van der Waals surface area (Å²) >= 11 is 0. The van der Waals surface area contributed by atoms with Crippen molar-refractivity contribution in [1.82, 2.24) is 0 Å². The maximum Gasteiger partial charge on any atom is 1.00 e. The van der Waals surface area contributed by atoms with Crippen molar-refractivity contribution in [3.05, 3.63) is 5.32 Å². The molecule has 0 radical (unpaired) electrons. The van der Waals surface area contributed by atoms with E-state index in [-0.39, 0.29) is 75.4 Å². The van der Waals surface area contributed by atoms with Gasteiger partial charge < -0.3 is 10.8 Å². The molecule has 0 aromatic heterocycles. The smallest absolute Gasteiger partial charge is 0.870 e. The molecule has 0 rings (SSSR count). The fourth-order valence-corrected chi connectivity index (χ4v) is 1.01. The van der Waals surface area contributed by atoms with Gasteiger partial charge in [0, 0.05) is 0 Å². The normalized spacial score (nSPS) is 10.5. The number of hydrogen-bond acceptors (Lipinski definition) is 1. The van der Waals surface area contributed by atoms with Gasteiger partial charge in [0.25, 0.3) is 0 Å². The molecule has 0 amide bonds. The fraction of sp³-hybridized carbons (Fsp3) is 1.00. The van der Waals surface area contributed by atoms with Gasteiger partial charge in [0.15, 0.2) is 0 Å². The number of nitrogens with zero attached hydrogens (tertiary/aromatic N) is 1. The van der Waals surface area contributed by atoms with Crippen LogP contribution in [0.2, 0.25) is 0 Å². The van der Waals surface area contributed by atoms with E-state index in [0.29, 0.717) is 0 Å². The third-order valence-electron chi connectivity index (χ3n) is 0.671. The van der Waals surface area contributed by atoms with Gasteiger partial charge in [-0.3, -0.25) is 0 Å². The third kappa shape index (κ3) is 22.6. The summed E-state index contributed by atoms with van der Waals surface area (Å²) in [4.78, 5) is 0. The molecule has 0 atom stereocenters. The summed E-state index contributed by atoms with van der Waals surface area (Å²) < 4.78 is 0. The van der Waals surface area contributed by atoms with Crippen LogP contribution in [0.5, 0.6) is 0 Å². The van der Waals surface area contributed by atoms with Gasteiger partial charge in [0.2, 0.25) is 0 Å². The first-order valence-corrected chi connectivity index (χ1v) is 3.45. The van der Waals surface area contributed by atoms with Crippen LogP contribution in [0.4, 0.5) is 0 Å². The standard InChI is InChI=1S/C8H18N.CH4.K.H2O/c1-7(2,3)9-8(4,5)6;;;/h1-6H3;1H4;;1H2/q-1;;+1;/p-1. The number of hydrogen-bond donors (Lipinski definition) is 0. The maximum absolute atomic E-state index is 4.54. The Morgan fingerprint density at radius 3 is 0.917 bits per heavy atom. The molecule has 2 nitrogen and oxygen atoms in total. The molecule has 0 aromatic rings. The van der Waals surface area contributed by atoms with E-state index in [1.54, 1.807) is 0 Å². The van der Waals surface area contributed by atoms with E-state index >= 15 is 0 Å². The van der Waals surface area contributed by atoms with Crippen molar-refractivity contribution in [3.63, 3.8) is 0 Å². The van der Waals surface area contributed by atoms with Gasteiger partial charge >= 0.3 is 51.4 Å². The predicted octanol–water partition coefficient (Wildman–Crippen LogP) is 0.420. The van der Waals surface area contributed by atoms with E-state index in [9.17, 15) is 0 Å². The van der Waals surface area contributed by atoms with E-state index in [1.165, 1.54) is 0 Å². The fourth-order valence-electron chi connectivity index (χ4n) is 1.01. The second kappa shape index (κ2) is 7.91. The van der Waals surface area contributed by atoms with Gasteiger partial charge in [-0.15, -0.1) is 11.1 Å². The first kappa shape index (κ1) is 23.4. The monoisotopic (exact) mass is 200 g/mol. The topological polar surface area (TPSA) is 44.1 Å². The summed E-state index contributed by atoms with van der Waals surface area (Å²) in [6, 6.07) is 0. The summed E-state index contributed by atoms with van der Waals surface area (Å²) in [6.07, 6.45) is 0. The van der Waals surface area contributed by atoms with E-state index in [0.717, 1.165) is 0 Å². The van der Waals surface area contributed by atoms with Crippen LogP contribution in [-0.4, -0.2) is 16.6 Å². The second-order valence-electron chi connectivity index (χ2n) is 4.45. The number of rotatable bonds is 0. The first-order valence-electron chi connectivity index (χ1n) is 3.45. The van der Waals surface area contributed by atoms with Crippen molar-refractivity contribution < 1.29 is 56.9 Å². The molecule has 0 bridgehead atoms. The molecule has 3 heteroatoms. The first-order chi connectivity index (χ1) is 3.71. The van der Waals surface area contributed by atoms with Crippen LogP contribution < -0.4 is 51.4 Å². The Bertz CT molecular complexity index is 79.7. The molecule has 0 aliphatic rings. The largest absolute Gasteiger partial charge is 1.00 e. The van der Waals surface area contributed by atoms with E-state index < -0.39 is 0 Å². The SMILES string of the molecule is C.CC(C)(C)[N-]C(C)(C)C.[K+].[OH-]. The van der Waals surface area contributed by atoms with Gasteiger partial charge in [-0.25, -0.2) is 0 Å². The third-order valence-corrected chi connectivity index (χ3v) is 0.671. The zero-order valence-corrected chi connectivity index (χ0v) is 12.0. The summed E-state index contributed by atoms with van der Waals surface area (Å²) in [5.74, 6) is 0. The Labute approximate surface area is 121 Å². The van der Waals surface area contributed by atoms with Crippen molar-refractivity contribution in [2.45, 2.75) is 60.0 Å². The summed E-state index contributed by atoms with van der Waals surface area (Å²) in [5, 5.41) is 4.54. The van der Waals surface area contributed by atoms with Gasteiger partial charge in [-0.1, -0.05) is 49.0 Å². The van der Waals surface area contributed by atoms with Crippen molar-refractivity contribution in [2.75, 3.05) is 0 Å². The molecule has 72 valence electrons. The molecule has 0 heterocycles. The van der Waals surface area contributed by atoms with Crippen molar-refractivity contribution in [3.8, 4) is 0 Å². The minimum Gasteiger partial charge on any atom is -0.870 e. The Hall–Kier alpha value is 1.56. The molecule has 0 aliphatic heterocycles. The quantitative estimate of drug-likeness (QED) is 0.523. The van der Waals surface area contributed by atoms with Crippen LogP contribution in [0.15, 0.2) is 0 Å². The molecular weight excluding hydrogens is 177 g/mol. The Morgan fingerprint density at radius 1 is 0.750 bits per heavy atom. The average molecular weight is 200 g/mol. The molecule has 12 heavy (non-hydrogen) atoms. The van der Waals surface area contributed by atoms with Crippen molar-refractivity contribution in [1.29, 1.82) is 0 Å². The molecule has 0 saturated heterocycles. The van der Waals surface area contributed by atoms with Crippen molar-refractivity contribution in [2.24, 2.45) is 0 Å². The Kier molecular flexibility index (Phi) is 15.4. The zero-order valence-electron chi connectivity index (χ0n) is 8.89. The Morgan fingerprint density at radius 2 is 0.917 bits per heavy atom. The molecule has 1 N–H and O–H groups in total. The van der Waals surface area contributed by atoms with Crippen LogP contribution in [-0.2, 0) is 0 Å². The van der Waals surface area contributed by atoms with Gasteiger partial charge in [-0.2, -0.15) is 0 Å². The minimum absolute atomic E-state index is 0. The van der Waals surface area contributed by atoms with Gasteiger partial charge in [0.05, 0.1) is 0 Å². The van der Waals surface area contributed by atoms with Crippen LogP contribution in [0.25, 0.3) is 5.32 Å². The van der Waals surface area contributed by atoms with Crippen LogP contribution >= 0.6 is 0 Å². The molecule has 0 unspecified atom stereocenters. The summed E-state index contributed by atoms with van der Waals surface area (Å²) in [7, 11) is 0. The Balaban J connectivity index is -0.000000107. The van der Waals surface area contributed by atoms with Crippen LogP contribution in [0, 0.1) is 0 Å². The summed E-state index contributed by atoms with van der Waals surface area (Å²) in [6.45, 7) is 12.7. The van der Waals surface area contributed by atoms with E-state index in [2.05, 4.69) is 46.9 Å². The van der Waals surface area contributed by atoms with Crippen molar-refractivity contribution >= 4 is 0 Å². The molecular formula is C9H23KNO-. The maximum atomic E-state index is 4.54. The predicted molar refractivity (Wildman–Crippen MR) is 51.5 cm³/mol. The molecule has 0 spiro atoms. The average Bonchev–Trinajstić information content (AvgIpc) is 1.14. The molecule has 0 aliphatic carbocycles. The minimum atomic E-state index is 0. The van der Waals surface area contributed by atoms with Crippen LogP contribution in [0.3, 0.4) is 0 Å². The molecule has 0 aromatic carbocycles.